The lowest BCUT2D eigenvalue weighted by atomic mass is 10.1. The third-order valence-electron chi connectivity index (χ3n) is 4.87. The lowest BCUT2D eigenvalue weighted by Crippen LogP contribution is -2.46. The summed E-state index contributed by atoms with van der Waals surface area (Å²) in [5, 5.41) is 3.15. The smallest absolute Gasteiger partial charge is 0.267 e. The minimum Gasteiger partial charge on any atom is -0.495 e. The second-order valence-electron chi connectivity index (χ2n) is 7.11. The molecule has 0 bridgehead atoms. The zero-order valence-corrected chi connectivity index (χ0v) is 18.3. The number of rotatable bonds is 7. The molecule has 31 heavy (non-hydrogen) atoms. The number of benzene rings is 2. The van der Waals surface area contributed by atoms with E-state index >= 15 is 0 Å². The van der Waals surface area contributed by atoms with Crippen LogP contribution in [0, 0.1) is 0 Å². The van der Waals surface area contributed by atoms with Crippen molar-refractivity contribution in [1.29, 1.82) is 0 Å². The number of amides is 3. The minimum absolute atomic E-state index is 0.0665. The Morgan fingerprint density at radius 1 is 1.26 bits per heavy atom. The van der Waals surface area contributed by atoms with Crippen molar-refractivity contribution in [2.45, 2.75) is 19.4 Å². The predicted octanol–water partition coefficient (Wildman–Crippen LogP) is 2.95. The summed E-state index contributed by atoms with van der Waals surface area (Å²) in [6.45, 7) is 1.71. The Morgan fingerprint density at radius 3 is 2.74 bits per heavy atom. The number of hydrogen-bond donors (Lipinski definition) is 1. The van der Waals surface area contributed by atoms with Crippen LogP contribution in [0.15, 0.2) is 42.5 Å². The summed E-state index contributed by atoms with van der Waals surface area (Å²) >= 11 is 5.97. The van der Waals surface area contributed by atoms with Gasteiger partial charge in [0.25, 0.3) is 5.91 Å². The molecule has 1 heterocycles. The first-order chi connectivity index (χ1) is 14.8. The van der Waals surface area contributed by atoms with Crippen LogP contribution >= 0.6 is 11.6 Å². The van der Waals surface area contributed by atoms with Crippen LogP contribution in [0.2, 0.25) is 5.02 Å². The Balaban J connectivity index is 1.58. The highest BCUT2D eigenvalue weighted by molar-refractivity contribution is 6.31. The SMILES string of the molecule is COc1ccc(Cl)cc1NC(=O)CN(C)C(=O)CCN1C(=O)[C@@H](C)Oc2ccccc21. The summed E-state index contributed by atoms with van der Waals surface area (Å²) in [5.74, 6) is 0.200. The first-order valence-electron chi connectivity index (χ1n) is 9.74. The van der Waals surface area contributed by atoms with Crippen molar-refractivity contribution in [2.24, 2.45) is 0 Å². The van der Waals surface area contributed by atoms with Gasteiger partial charge in [0.15, 0.2) is 6.10 Å². The van der Waals surface area contributed by atoms with E-state index < -0.39 is 12.0 Å². The quantitative estimate of drug-likeness (QED) is 0.707. The number of likely N-dealkylation sites (N-methyl/N-ethyl adjacent to an activating group) is 1. The van der Waals surface area contributed by atoms with E-state index in [2.05, 4.69) is 5.32 Å². The number of hydrogen-bond acceptors (Lipinski definition) is 5. The van der Waals surface area contributed by atoms with Gasteiger partial charge in [-0.2, -0.15) is 0 Å². The first kappa shape index (κ1) is 22.4. The number of ether oxygens (including phenoxy) is 2. The third-order valence-corrected chi connectivity index (χ3v) is 5.10. The molecule has 164 valence electrons. The average molecular weight is 446 g/mol. The summed E-state index contributed by atoms with van der Waals surface area (Å²) in [6.07, 6.45) is -0.557. The number of carbonyl (C=O) groups excluding carboxylic acids is 3. The van der Waals surface area contributed by atoms with Crippen LogP contribution < -0.4 is 19.7 Å². The van der Waals surface area contributed by atoms with Crippen molar-refractivity contribution in [2.75, 3.05) is 37.5 Å². The Morgan fingerprint density at radius 2 is 2.00 bits per heavy atom. The summed E-state index contributed by atoms with van der Waals surface area (Å²) in [4.78, 5) is 40.4. The molecule has 1 aliphatic rings. The van der Waals surface area contributed by atoms with Crippen LogP contribution in [0.4, 0.5) is 11.4 Å². The average Bonchev–Trinajstić information content (AvgIpc) is 2.74. The van der Waals surface area contributed by atoms with E-state index in [1.807, 2.05) is 6.07 Å². The van der Waals surface area contributed by atoms with E-state index in [1.165, 1.54) is 19.1 Å². The molecular weight excluding hydrogens is 422 g/mol. The Bertz CT molecular complexity index is 997. The molecule has 3 amide bonds. The molecular formula is C22H24ClN3O5. The second-order valence-corrected chi connectivity index (χ2v) is 7.55. The number of halogens is 1. The van der Waals surface area contributed by atoms with E-state index in [1.54, 1.807) is 48.2 Å². The lowest BCUT2D eigenvalue weighted by molar-refractivity contribution is -0.133. The maximum absolute atomic E-state index is 12.6. The fourth-order valence-corrected chi connectivity index (χ4v) is 3.43. The number of nitrogens with zero attached hydrogens (tertiary/aromatic N) is 2. The van der Waals surface area contributed by atoms with E-state index in [0.29, 0.717) is 27.9 Å². The molecule has 0 unspecified atom stereocenters. The highest BCUT2D eigenvalue weighted by atomic mass is 35.5. The Hall–Kier alpha value is -3.26. The highest BCUT2D eigenvalue weighted by Crippen LogP contribution is 2.33. The fraction of sp³-hybridized carbons (Fsp3) is 0.318. The maximum Gasteiger partial charge on any atom is 0.267 e. The molecule has 0 saturated heterocycles. The molecule has 2 aromatic carbocycles. The van der Waals surface area contributed by atoms with E-state index in [-0.39, 0.29) is 31.3 Å². The normalized spacial score (nSPS) is 15.0. The molecule has 0 spiro atoms. The van der Waals surface area contributed by atoms with Crippen LogP contribution in [-0.4, -0.2) is 56.0 Å². The highest BCUT2D eigenvalue weighted by Gasteiger charge is 2.31. The van der Waals surface area contributed by atoms with Crippen molar-refractivity contribution < 1.29 is 23.9 Å². The number of nitrogens with one attached hydrogen (secondary N) is 1. The van der Waals surface area contributed by atoms with Crippen molar-refractivity contribution in [1.82, 2.24) is 4.90 Å². The van der Waals surface area contributed by atoms with Crippen molar-refractivity contribution >= 4 is 40.7 Å². The zero-order chi connectivity index (χ0) is 22.5. The number of para-hydroxylation sites is 2. The number of anilines is 2. The molecule has 0 aliphatic carbocycles. The topological polar surface area (TPSA) is 88.2 Å². The number of fused-ring (bicyclic) bond motifs is 1. The molecule has 1 N–H and O–H groups in total. The zero-order valence-electron chi connectivity index (χ0n) is 17.6. The molecule has 9 heteroatoms. The predicted molar refractivity (Wildman–Crippen MR) is 118 cm³/mol. The van der Waals surface area contributed by atoms with Crippen LogP contribution in [0.25, 0.3) is 0 Å². The van der Waals surface area contributed by atoms with Crippen molar-refractivity contribution in [3.8, 4) is 11.5 Å². The van der Waals surface area contributed by atoms with Gasteiger partial charge in [0, 0.05) is 25.0 Å². The minimum atomic E-state index is -0.624. The van der Waals surface area contributed by atoms with Gasteiger partial charge in [0.1, 0.15) is 11.5 Å². The monoisotopic (exact) mass is 445 g/mol. The van der Waals surface area contributed by atoms with Crippen molar-refractivity contribution in [3.05, 3.63) is 47.5 Å². The fourth-order valence-electron chi connectivity index (χ4n) is 3.26. The molecule has 1 atom stereocenters. The van der Waals surface area contributed by atoms with Gasteiger partial charge >= 0.3 is 0 Å². The lowest BCUT2D eigenvalue weighted by Gasteiger charge is -2.33. The number of carbonyl (C=O) groups is 3. The van der Waals surface area contributed by atoms with Gasteiger partial charge in [-0.25, -0.2) is 0 Å². The van der Waals surface area contributed by atoms with Gasteiger partial charge < -0.3 is 24.6 Å². The first-order valence-corrected chi connectivity index (χ1v) is 10.1. The summed E-state index contributed by atoms with van der Waals surface area (Å²) in [6, 6.07) is 12.1. The van der Waals surface area contributed by atoms with Crippen LogP contribution in [0.5, 0.6) is 11.5 Å². The summed E-state index contributed by atoms with van der Waals surface area (Å²) in [5.41, 5.74) is 1.05. The van der Waals surface area contributed by atoms with Gasteiger partial charge in [0.2, 0.25) is 11.8 Å². The standard InChI is InChI=1S/C22H24ClN3O5/c1-14-22(29)26(17-6-4-5-7-19(17)31-14)11-10-21(28)25(2)13-20(27)24-16-12-15(23)8-9-18(16)30-3/h4-9,12,14H,10-11,13H2,1-3H3,(H,24,27)/t14-/m1/s1. The Kier molecular flexibility index (Phi) is 7.02. The van der Waals surface area contributed by atoms with Crippen LogP contribution in [0.3, 0.4) is 0 Å². The molecule has 8 nitrogen and oxygen atoms in total. The molecule has 0 saturated carbocycles. The summed E-state index contributed by atoms with van der Waals surface area (Å²) in [7, 11) is 3.02. The van der Waals surface area contributed by atoms with Gasteiger partial charge in [0.05, 0.1) is 25.0 Å². The van der Waals surface area contributed by atoms with Gasteiger partial charge in [-0.3, -0.25) is 14.4 Å². The van der Waals surface area contributed by atoms with Gasteiger partial charge in [-0.1, -0.05) is 23.7 Å². The van der Waals surface area contributed by atoms with Crippen molar-refractivity contribution in [3.63, 3.8) is 0 Å². The summed E-state index contributed by atoms with van der Waals surface area (Å²) < 4.78 is 10.8. The van der Waals surface area contributed by atoms with Gasteiger partial charge in [-0.15, -0.1) is 0 Å². The largest absolute Gasteiger partial charge is 0.495 e. The molecule has 0 aromatic heterocycles. The molecule has 0 radical (unpaired) electrons. The van der Waals surface area contributed by atoms with Crippen LogP contribution in [-0.2, 0) is 14.4 Å². The number of methoxy groups -OCH3 is 1. The van der Waals surface area contributed by atoms with Crippen LogP contribution in [0.1, 0.15) is 13.3 Å². The second kappa shape index (κ2) is 9.70. The Labute approximate surface area is 185 Å². The molecule has 3 rings (SSSR count). The molecule has 1 aliphatic heterocycles. The molecule has 2 aromatic rings. The third kappa shape index (κ3) is 5.27. The molecule has 0 fully saturated rings. The van der Waals surface area contributed by atoms with E-state index in [0.717, 1.165) is 0 Å². The van der Waals surface area contributed by atoms with Gasteiger partial charge in [-0.05, 0) is 37.3 Å². The van der Waals surface area contributed by atoms with E-state index in [9.17, 15) is 14.4 Å². The van der Waals surface area contributed by atoms with E-state index in [4.69, 9.17) is 21.1 Å². The maximum atomic E-state index is 12.6.